The number of piperidine rings is 1. The first-order valence-electron chi connectivity index (χ1n) is 8.70. The number of rotatable bonds is 5. The third kappa shape index (κ3) is 4.89. The van der Waals surface area contributed by atoms with Gasteiger partial charge in [-0.3, -0.25) is 4.79 Å². The third-order valence-corrected chi connectivity index (χ3v) is 4.60. The molecule has 4 nitrogen and oxygen atoms in total. The Morgan fingerprint density at radius 3 is 2.32 bits per heavy atom. The second-order valence-electron chi connectivity index (χ2n) is 6.30. The lowest BCUT2D eigenvalue weighted by molar-refractivity contribution is -0.122. The van der Waals surface area contributed by atoms with Gasteiger partial charge in [0.1, 0.15) is 5.75 Å². The molecular weight excluding hydrogens is 336 g/mol. The summed E-state index contributed by atoms with van der Waals surface area (Å²) in [5.41, 5.74) is 1.99. The van der Waals surface area contributed by atoms with E-state index in [0.717, 1.165) is 18.8 Å². The van der Waals surface area contributed by atoms with Crippen LogP contribution in [0.3, 0.4) is 0 Å². The molecule has 1 heterocycles. The van der Waals surface area contributed by atoms with Gasteiger partial charge in [0.15, 0.2) is 6.10 Å². The Morgan fingerprint density at radius 2 is 1.68 bits per heavy atom. The molecule has 132 valence electrons. The van der Waals surface area contributed by atoms with E-state index in [1.807, 2.05) is 12.1 Å². The zero-order valence-electron chi connectivity index (χ0n) is 14.4. The number of amides is 1. The van der Waals surface area contributed by atoms with E-state index in [0.29, 0.717) is 10.8 Å². The molecule has 5 heteroatoms. The minimum atomic E-state index is -0.594. The van der Waals surface area contributed by atoms with Crippen LogP contribution < -0.4 is 15.0 Å². The van der Waals surface area contributed by atoms with E-state index >= 15 is 0 Å². The van der Waals surface area contributed by atoms with Crippen LogP contribution in [0.5, 0.6) is 5.75 Å². The lowest BCUT2D eigenvalue weighted by Gasteiger charge is -2.28. The average Bonchev–Trinajstić information content (AvgIpc) is 2.65. The molecule has 0 radical (unpaired) electrons. The van der Waals surface area contributed by atoms with Gasteiger partial charge in [-0.05, 0) is 74.7 Å². The van der Waals surface area contributed by atoms with E-state index in [4.69, 9.17) is 16.3 Å². The fraction of sp³-hybridized carbons (Fsp3) is 0.350. The van der Waals surface area contributed by atoms with Crippen molar-refractivity contribution in [3.05, 3.63) is 53.6 Å². The van der Waals surface area contributed by atoms with Crippen LogP contribution in [0.2, 0.25) is 5.02 Å². The highest BCUT2D eigenvalue weighted by Gasteiger charge is 2.15. The summed E-state index contributed by atoms with van der Waals surface area (Å²) in [6.45, 7) is 3.95. The van der Waals surface area contributed by atoms with E-state index < -0.39 is 6.10 Å². The summed E-state index contributed by atoms with van der Waals surface area (Å²) in [5, 5.41) is 3.53. The molecule has 0 aliphatic carbocycles. The van der Waals surface area contributed by atoms with Gasteiger partial charge in [-0.1, -0.05) is 11.6 Å². The standard InChI is InChI=1S/C20H23ClN2O2/c1-15(25-19-11-5-16(21)6-12-19)20(24)22-17-7-9-18(10-8-17)23-13-3-2-4-14-23/h5-12,15H,2-4,13-14H2,1H3,(H,22,24). The van der Waals surface area contributed by atoms with Crippen molar-refractivity contribution in [2.45, 2.75) is 32.3 Å². The number of nitrogens with one attached hydrogen (secondary N) is 1. The first kappa shape index (κ1) is 17.6. The van der Waals surface area contributed by atoms with Gasteiger partial charge >= 0.3 is 0 Å². The largest absolute Gasteiger partial charge is 0.481 e. The molecule has 1 aliphatic heterocycles. The van der Waals surface area contributed by atoms with Crippen molar-refractivity contribution in [3.8, 4) is 5.75 Å². The highest BCUT2D eigenvalue weighted by atomic mass is 35.5. The summed E-state index contributed by atoms with van der Waals surface area (Å²) >= 11 is 5.85. The van der Waals surface area contributed by atoms with Crippen LogP contribution in [0.4, 0.5) is 11.4 Å². The molecule has 25 heavy (non-hydrogen) atoms. The number of carbonyl (C=O) groups excluding carboxylic acids is 1. The molecule has 0 spiro atoms. The molecule has 1 aliphatic rings. The molecule has 1 N–H and O–H groups in total. The van der Waals surface area contributed by atoms with E-state index in [-0.39, 0.29) is 5.91 Å². The van der Waals surface area contributed by atoms with Crippen LogP contribution in [-0.2, 0) is 4.79 Å². The van der Waals surface area contributed by atoms with Gasteiger partial charge in [0, 0.05) is 29.5 Å². The predicted octanol–water partition coefficient (Wildman–Crippen LogP) is 4.74. The Morgan fingerprint density at radius 1 is 1.04 bits per heavy atom. The molecular formula is C20H23ClN2O2. The Kier molecular flexibility index (Phi) is 5.82. The fourth-order valence-corrected chi connectivity index (χ4v) is 3.05. The highest BCUT2D eigenvalue weighted by molar-refractivity contribution is 6.30. The molecule has 3 rings (SSSR count). The lowest BCUT2D eigenvalue weighted by atomic mass is 10.1. The second kappa shape index (κ2) is 8.26. The monoisotopic (exact) mass is 358 g/mol. The molecule has 1 unspecified atom stereocenters. The summed E-state index contributed by atoms with van der Waals surface area (Å²) in [7, 11) is 0. The molecule has 1 amide bonds. The van der Waals surface area contributed by atoms with Crippen LogP contribution in [0, 0.1) is 0 Å². The van der Waals surface area contributed by atoms with Gasteiger partial charge in [0.05, 0.1) is 0 Å². The summed E-state index contributed by atoms with van der Waals surface area (Å²) < 4.78 is 5.64. The lowest BCUT2D eigenvalue weighted by Crippen LogP contribution is -2.30. The zero-order valence-corrected chi connectivity index (χ0v) is 15.1. The van der Waals surface area contributed by atoms with Crippen molar-refractivity contribution >= 4 is 28.9 Å². The Balaban J connectivity index is 1.55. The number of halogens is 1. The molecule has 0 bridgehead atoms. The van der Waals surface area contributed by atoms with Crippen molar-refractivity contribution in [1.82, 2.24) is 0 Å². The molecule has 1 atom stereocenters. The van der Waals surface area contributed by atoms with E-state index in [9.17, 15) is 4.79 Å². The van der Waals surface area contributed by atoms with Crippen molar-refractivity contribution in [2.75, 3.05) is 23.3 Å². The Hall–Kier alpha value is -2.20. The number of benzene rings is 2. The van der Waals surface area contributed by atoms with E-state index in [1.54, 1.807) is 31.2 Å². The van der Waals surface area contributed by atoms with Crippen LogP contribution in [0.15, 0.2) is 48.5 Å². The Labute approximate surface area is 153 Å². The van der Waals surface area contributed by atoms with Crippen molar-refractivity contribution in [3.63, 3.8) is 0 Å². The fourth-order valence-electron chi connectivity index (χ4n) is 2.92. The van der Waals surface area contributed by atoms with Crippen molar-refractivity contribution in [1.29, 1.82) is 0 Å². The van der Waals surface area contributed by atoms with Crippen LogP contribution in [0.1, 0.15) is 26.2 Å². The van der Waals surface area contributed by atoms with Crippen molar-refractivity contribution < 1.29 is 9.53 Å². The van der Waals surface area contributed by atoms with Crippen LogP contribution in [-0.4, -0.2) is 25.1 Å². The smallest absolute Gasteiger partial charge is 0.265 e. The average molecular weight is 359 g/mol. The first-order chi connectivity index (χ1) is 12.1. The molecule has 1 saturated heterocycles. The van der Waals surface area contributed by atoms with Gasteiger partial charge in [-0.25, -0.2) is 0 Å². The molecule has 0 aromatic heterocycles. The maximum atomic E-state index is 12.3. The summed E-state index contributed by atoms with van der Waals surface area (Å²) in [5.74, 6) is 0.438. The molecule has 2 aromatic carbocycles. The van der Waals surface area contributed by atoms with Gasteiger partial charge in [-0.15, -0.1) is 0 Å². The van der Waals surface area contributed by atoms with Gasteiger partial charge < -0.3 is 15.0 Å². The number of ether oxygens (including phenoxy) is 1. The zero-order chi connectivity index (χ0) is 17.6. The van der Waals surface area contributed by atoms with Gasteiger partial charge in [0.25, 0.3) is 5.91 Å². The topological polar surface area (TPSA) is 41.6 Å². The van der Waals surface area contributed by atoms with Crippen molar-refractivity contribution in [2.24, 2.45) is 0 Å². The Bertz CT molecular complexity index is 695. The molecule has 1 fully saturated rings. The number of anilines is 2. The maximum Gasteiger partial charge on any atom is 0.265 e. The molecule has 0 saturated carbocycles. The van der Waals surface area contributed by atoms with Crippen LogP contribution in [0.25, 0.3) is 0 Å². The maximum absolute atomic E-state index is 12.3. The second-order valence-corrected chi connectivity index (χ2v) is 6.73. The van der Waals surface area contributed by atoms with Gasteiger partial charge in [-0.2, -0.15) is 0 Å². The van der Waals surface area contributed by atoms with Gasteiger partial charge in [0.2, 0.25) is 0 Å². The number of nitrogens with zero attached hydrogens (tertiary/aromatic N) is 1. The van der Waals surface area contributed by atoms with E-state index in [2.05, 4.69) is 22.3 Å². The summed E-state index contributed by atoms with van der Waals surface area (Å²) in [6.07, 6.45) is 3.22. The minimum absolute atomic E-state index is 0.180. The number of hydrogen-bond acceptors (Lipinski definition) is 3. The summed E-state index contributed by atoms with van der Waals surface area (Å²) in [6, 6.07) is 15.0. The normalized spacial score (nSPS) is 15.5. The predicted molar refractivity (Wildman–Crippen MR) is 103 cm³/mol. The molecule has 2 aromatic rings. The quantitative estimate of drug-likeness (QED) is 0.839. The highest BCUT2D eigenvalue weighted by Crippen LogP contribution is 2.22. The number of hydrogen-bond donors (Lipinski definition) is 1. The summed E-state index contributed by atoms with van der Waals surface area (Å²) in [4.78, 5) is 14.7. The SMILES string of the molecule is CC(Oc1ccc(Cl)cc1)C(=O)Nc1ccc(N2CCCCC2)cc1. The number of carbonyl (C=O) groups is 1. The van der Waals surface area contributed by atoms with Crippen LogP contribution >= 0.6 is 11.6 Å². The third-order valence-electron chi connectivity index (χ3n) is 4.35. The first-order valence-corrected chi connectivity index (χ1v) is 9.08. The minimum Gasteiger partial charge on any atom is -0.481 e. The van der Waals surface area contributed by atoms with E-state index in [1.165, 1.54) is 24.9 Å².